The normalized spacial score (nSPS) is 11.9. The van der Waals surface area contributed by atoms with Crippen LogP contribution in [0.15, 0.2) is 78.9 Å². The molecule has 0 fully saturated rings. The number of ether oxygens (including phenoxy) is 1. The summed E-state index contributed by atoms with van der Waals surface area (Å²) in [5.74, 6) is 1.56. The third-order valence-electron chi connectivity index (χ3n) is 5.01. The molecule has 0 heterocycles. The molecule has 0 aliphatic rings. The van der Waals surface area contributed by atoms with Crippen molar-refractivity contribution in [1.82, 2.24) is 0 Å². The minimum absolute atomic E-state index is 0.614. The van der Waals surface area contributed by atoms with Crippen LogP contribution in [-0.2, 0) is 19.4 Å². The van der Waals surface area contributed by atoms with Crippen molar-refractivity contribution in [2.24, 2.45) is 0 Å². The minimum Gasteiger partial charge on any atom is -0.489 e. The van der Waals surface area contributed by atoms with Crippen LogP contribution in [0, 0.1) is 0 Å². The molecule has 0 saturated carbocycles. The molecule has 134 valence electrons. The molecule has 0 unspecified atom stereocenters. The van der Waals surface area contributed by atoms with E-state index < -0.39 is 0 Å². The highest BCUT2D eigenvalue weighted by atomic mass is 16.5. The average molecular weight is 344 g/mol. The van der Waals surface area contributed by atoms with E-state index in [1.54, 1.807) is 0 Å². The summed E-state index contributed by atoms with van der Waals surface area (Å²) in [6.07, 6.45) is 3.32. The van der Waals surface area contributed by atoms with Gasteiger partial charge in [0.25, 0.3) is 0 Å². The van der Waals surface area contributed by atoms with Gasteiger partial charge in [0.1, 0.15) is 12.4 Å². The van der Waals surface area contributed by atoms with E-state index in [1.165, 1.54) is 28.7 Å². The van der Waals surface area contributed by atoms with Crippen LogP contribution < -0.4 is 4.74 Å². The third-order valence-corrected chi connectivity index (χ3v) is 5.01. The number of benzene rings is 3. The summed E-state index contributed by atoms with van der Waals surface area (Å²) >= 11 is 0. The van der Waals surface area contributed by atoms with Gasteiger partial charge in [0.05, 0.1) is 0 Å². The van der Waals surface area contributed by atoms with Crippen LogP contribution in [-0.4, -0.2) is 0 Å². The quantitative estimate of drug-likeness (QED) is 0.449. The van der Waals surface area contributed by atoms with Gasteiger partial charge in [0.15, 0.2) is 0 Å². The standard InChI is InChI=1S/C25H28O/c1-3-20(2)24-11-7-10-22(18-24)13-12-21-14-16-25(17-15-21)26-19-23-8-5-4-6-9-23/h4-11,14-18,20H,3,12-13,19H2,1-2H3/t20-/m1/s1. The van der Waals surface area contributed by atoms with Crippen molar-refractivity contribution < 1.29 is 4.74 Å². The van der Waals surface area contributed by atoms with Crippen molar-refractivity contribution >= 4 is 0 Å². The smallest absolute Gasteiger partial charge is 0.119 e. The van der Waals surface area contributed by atoms with Crippen LogP contribution in [0.4, 0.5) is 0 Å². The van der Waals surface area contributed by atoms with E-state index >= 15 is 0 Å². The van der Waals surface area contributed by atoms with Crippen LogP contribution in [0.25, 0.3) is 0 Å². The number of hydrogen-bond acceptors (Lipinski definition) is 1. The first kappa shape index (κ1) is 18.3. The van der Waals surface area contributed by atoms with Crippen molar-refractivity contribution in [3.63, 3.8) is 0 Å². The summed E-state index contributed by atoms with van der Waals surface area (Å²) in [6, 6.07) is 27.8. The summed E-state index contributed by atoms with van der Waals surface area (Å²) in [7, 11) is 0. The lowest BCUT2D eigenvalue weighted by Crippen LogP contribution is -1.97. The van der Waals surface area contributed by atoms with Gasteiger partial charge in [-0.15, -0.1) is 0 Å². The van der Waals surface area contributed by atoms with Crippen LogP contribution in [0.1, 0.15) is 48.4 Å². The van der Waals surface area contributed by atoms with Gasteiger partial charge in [-0.05, 0) is 59.6 Å². The molecular weight excluding hydrogens is 316 g/mol. The van der Waals surface area contributed by atoms with Crippen LogP contribution in [0.3, 0.4) is 0 Å². The van der Waals surface area contributed by atoms with Gasteiger partial charge < -0.3 is 4.74 Å². The van der Waals surface area contributed by atoms with Crippen LogP contribution in [0.5, 0.6) is 5.75 Å². The molecule has 3 aromatic rings. The number of aryl methyl sites for hydroxylation is 2. The molecule has 0 aliphatic heterocycles. The molecule has 1 heteroatoms. The summed E-state index contributed by atoms with van der Waals surface area (Å²) < 4.78 is 5.86. The van der Waals surface area contributed by atoms with Gasteiger partial charge in [0, 0.05) is 0 Å². The molecule has 0 saturated heterocycles. The highest BCUT2D eigenvalue weighted by molar-refractivity contribution is 5.30. The Balaban J connectivity index is 1.53. The van der Waals surface area contributed by atoms with Gasteiger partial charge in [-0.1, -0.05) is 80.6 Å². The highest BCUT2D eigenvalue weighted by Crippen LogP contribution is 2.21. The molecule has 3 rings (SSSR count). The third kappa shape index (κ3) is 5.23. The fourth-order valence-corrected chi connectivity index (χ4v) is 3.07. The Morgan fingerprint density at radius 1 is 0.731 bits per heavy atom. The van der Waals surface area contributed by atoms with Gasteiger partial charge >= 0.3 is 0 Å². The Hall–Kier alpha value is -2.54. The van der Waals surface area contributed by atoms with Gasteiger partial charge in [-0.2, -0.15) is 0 Å². The molecular formula is C25H28O. The topological polar surface area (TPSA) is 9.23 Å². The molecule has 0 spiro atoms. The molecule has 0 aliphatic carbocycles. The zero-order chi connectivity index (χ0) is 18.2. The fraction of sp³-hybridized carbons (Fsp3) is 0.280. The van der Waals surface area contributed by atoms with Crippen molar-refractivity contribution in [2.75, 3.05) is 0 Å². The second kappa shape index (κ2) is 9.24. The molecule has 3 aromatic carbocycles. The van der Waals surface area contributed by atoms with E-state index in [9.17, 15) is 0 Å². The average Bonchev–Trinajstić information content (AvgIpc) is 2.72. The Kier molecular flexibility index (Phi) is 6.49. The van der Waals surface area contributed by atoms with Crippen molar-refractivity contribution in [3.05, 3.63) is 101 Å². The largest absolute Gasteiger partial charge is 0.489 e. The predicted octanol–water partition coefficient (Wildman–Crippen LogP) is 6.56. The van der Waals surface area contributed by atoms with E-state index in [-0.39, 0.29) is 0 Å². The maximum atomic E-state index is 5.86. The minimum atomic E-state index is 0.614. The Morgan fingerprint density at radius 2 is 1.42 bits per heavy atom. The van der Waals surface area contributed by atoms with Crippen molar-refractivity contribution in [2.45, 2.75) is 45.6 Å². The fourth-order valence-electron chi connectivity index (χ4n) is 3.07. The summed E-state index contributed by atoms with van der Waals surface area (Å²) in [5.41, 5.74) is 5.42. The Bertz CT molecular complexity index is 790. The second-order valence-corrected chi connectivity index (χ2v) is 6.97. The molecule has 26 heavy (non-hydrogen) atoms. The van der Waals surface area contributed by atoms with Crippen LogP contribution >= 0.6 is 0 Å². The highest BCUT2D eigenvalue weighted by Gasteiger charge is 2.04. The van der Waals surface area contributed by atoms with E-state index in [0.29, 0.717) is 12.5 Å². The Morgan fingerprint density at radius 3 is 2.15 bits per heavy atom. The molecule has 1 atom stereocenters. The summed E-state index contributed by atoms with van der Waals surface area (Å²) in [4.78, 5) is 0. The van der Waals surface area contributed by atoms with E-state index in [2.05, 4.69) is 74.5 Å². The van der Waals surface area contributed by atoms with Gasteiger partial charge in [-0.3, -0.25) is 0 Å². The zero-order valence-electron chi connectivity index (χ0n) is 15.8. The second-order valence-electron chi connectivity index (χ2n) is 6.97. The zero-order valence-corrected chi connectivity index (χ0v) is 15.8. The lowest BCUT2D eigenvalue weighted by Gasteiger charge is -2.11. The van der Waals surface area contributed by atoms with Gasteiger partial charge in [-0.25, -0.2) is 0 Å². The first-order valence-electron chi connectivity index (χ1n) is 9.59. The van der Waals surface area contributed by atoms with Crippen LogP contribution in [0.2, 0.25) is 0 Å². The predicted molar refractivity (Wildman–Crippen MR) is 110 cm³/mol. The number of hydrogen-bond donors (Lipinski definition) is 0. The SMILES string of the molecule is CC[C@@H](C)c1cccc(CCc2ccc(OCc3ccccc3)cc2)c1. The molecule has 0 N–H and O–H groups in total. The molecule has 0 amide bonds. The monoisotopic (exact) mass is 344 g/mol. The van der Waals surface area contributed by atoms with Crippen molar-refractivity contribution in [3.8, 4) is 5.75 Å². The first-order chi connectivity index (χ1) is 12.7. The maximum absolute atomic E-state index is 5.86. The van der Waals surface area contributed by atoms with Crippen molar-refractivity contribution in [1.29, 1.82) is 0 Å². The summed E-state index contributed by atoms with van der Waals surface area (Å²) in [5, 5.41) is 0. The van der Waals surface area contributed by atoms with Gasteiger partial charge in [0.2, 0.25) is 0 Å². The Labute approximate surface area is 157 Å². The lowest BCUT2D eigenvalue weighted by molar-refractivity contribution is 0.306. The molecule has 0 radical (unpaired) electrons. The molecule has 0 aromatic heterocycles. The van der Waals surface area contributed by atoms with E-state index in [1.807, 2.05) is 18.2 Å². The number of rotatable bonds is 8. The molecule has 1 nitrogen and oxygen atoms in total. The summed E-state index contributed by atoms with van der Waals surface area (Å²) in [6.45, 7) is 5.16. The van der Waals surface area contributed by atoms with E-state index in [0.717, 1.165) is 18.6 Å². The maximum Gasteiger partial charge on any atom is 0.119 e. The molecule has 0 bridgehead atoms. The lowest BCUT2D eigenvalue weighted by atomic mass is 9.95. The first-order valence-corrected chi connectivity index (χ1v) is 9.59. The van der Waals surface area contributed by atoms with E-state index in [4.69, 9.17) is 4.74 Å².